The minimum atomic E-state index is -1.61. The van der Waals surface area contributed by atoms with Gasteiger partial charge in [-0.25, -0.2) is 0 Å². The van der Waals surface area contributed by atoms with Gasteiger partial charge in [0.05, 0.1) is 44.1 Å². The van der Waals surface area contributed by atoms with E-state index in [1.807, 2.05) is 30.3 Å². The summed E-state index contributed by atoms with van der Waals surface area (Å²) in [4.78, 5) is 1.28. The Morgan fingerprint density at radius 3 is 2.30 bits per heavy atom. The smallest absolute Gasteiger partial charge is 0.189 e. The molecule has 5 nitrogen and oxygen atoms in total. The summed E-state index contributed by atoms with van der Waals surface area (Å²) in [5.41, 5.74) is 1.32. The van der Waals surface area contributed by atoms with Crippen LogP contribution in [0.2, 0.25) is 0 Å². The minimum absolute atomic E-state index is 0.0741. The van der Waals surface area contributed by atoms with Crippen LogP contribution in [0.5, 0.6) is 0 Å². The summed E-state index contributed by atoms with van der Waals surface area (Å²) in [5.74, 6) is -0.924. The molecule has 1 saturated carbocycles. The van der Waals surface area contributed by atoms with Crippen molar-refractivity contribution in [2.75, 3.05) is 20.1 Å². The maximum Gasteiger partial charge on any atom is 0.189 e. The molecule has 0 saturated heterocycles. The zero-order valence-electron chi connectivity index (χ0n) is 16.0. The molecule has 1 aliphatic carbocycles. The lowest BCUT2D eigenvalue weighted by Gasteiger charge is -2.46. The summed E-state index contributed by atoms with van der Waals surface area (Å²) in [6.45, 7) is 5.79. The quantitative estimate of drug-likeness (QED) is 0.792. The van der Waals surface area contributed by atoms with E-state index in [2.05, 4.69) is 39.1 Å². The molecule has 136 valence electrons. The predicted molar refractivity (Wildman–Crippen MR) is 102 cm³/mol. The number of fused-ring (bicyclic) bond motifs is 1. The van der Waals surface area contributed by atoms with Gasteiger partial charge in [0.15, 0.2) is 5.41 Å². The van der Waals surface area contributed by atoms with Crippen molar-refractivity contribution in [2.24, 2.45) is 17.3 Å². The van der Waals surface area contributed by atoms with Gasteiger partial charge in [-0.3, -0.25) is 0 Å². The number of quaternary nitrogens is 1. The van der Waals surface area contributed by atoms with Crippen LogP contribution in [0, 0.1) is 56.7 Å². The summed E-state index contributed by atoms with van der Waals surface area (Å²) < 4.78 is 0. The number of nitrogens with zero attached hydrogens (tertiary/aromatic N) is 3. The molecular formula is C22H24N5+. The highest BCUT2D eigenvalue weighted by molar-refractivity contribution is 6.00. The first-order valence-corrected chi connectivity index (χ1v) is 9.31. The fourth-order valence-corrected chi connectivity index (χ4v) is 4.52. The third kappa shape index (κ3) is 2.84. The fourth-order valence-electron chi connectivity index (χ4n) is 4.52. The van der Waals surface area contributed by atoms with Gasteiger partial charge in [0.1, 0.15) is 5.92 Å². The van der Waals surface area contributed by atoms with Gasteiger partial charge in [-0.15, -0.1) is 0 Å². The molecule has 1 aromatic rings. The Balaban J connectivity index is 2.21. The van der Waals surface area contributed by atoms with Gasteiger partial charge in [0.2, 0.25) is 0 Å². The number of likely N-dealkylation sites (N-methyl/N-ethyl adjacent to an activating group) is 1. The molecule has 1 aliphatic heterocycles. The lowest BCUT2D eigenvalue weighted by molar-refractivity contribution is -0.878. The second-order valence-electron chi connectivity index (χ2n) is 7.98. The highest BCUT2D eigenvalue weighted by Gasteiger charge is 2.58. The molecule has 27 heavy (non-hydrogen) atoms. The zero-order chi connectivity index (χ0) is 19.8. The molecule has 0 bridgehead atoms. The van der Waals surface area contributed by atoms with Gasteiger partial charge in [-0.1, -0.05) is 38.1 Å². The van der Waals surface area contributed by atoms with Crippen molar-refractivity contribution < 1.29 is 4.90 Å². The van der Waals surface area contributed by atoms with Gasteiger partial charge >= 0.3 is 0 Å². The van der Waals surface area contributed by atoms with Gasteiger partial charge in [-0.2, -0.15) is 15.8 Å². The Morgan fingerprint density at radius 1 is 1.15 bits per heavy atom. The number of benzene rings is 1. The van der Waals surface area contributed by atoms with E-state index >= 15 is 0 Å². The lowest BCUT2D eigenvalue weighted by atomic mass is 9.54. The van der Waals surface area contributed by atoms with E-state index in [1.54, 1.807) is 0 Å². The van der Waals surface area contributed by atoms with Crippen LogP contribution in [-0.2, 0) is 0 Å². The van der Waals surface area contributed by atoms with E-state index in [0.29, 0.717) is 5.92 Å². The average Bonchev–Trinajstić information content (AvgIpc) is 2.67. The molecule has 2 N–H and O–H groups in total. The van der Waals surface area contributed by atoms with Crippen molar-refractivity contribution >= 4 is 5.71 Å². The minimum Gasteiger partial charge on any atom is -0.334 e. The molecule has 1 fully saturated rings. The maximum absolute atomic E-state index is 10.0. The van der Waals surface area contributed by atoms with Crippen LogP contribution in [0.25, 0.3) is 0 Å². The van der Waals surface area contributed by atoms with E-state index in [1.165, 1.54) is 10.5 Å². The first-order chi connectivity index (χ1) is 12.9. The summed E-state index contributed by atoms with van der Waals surface area (Å²) in [7, 11) is 2.08. The highest BCUT2D eigenvalue weighted by atomic mass is 15.1. The van der Waals surface area contributed by atoms with Crippen LogP contribution in [-0.4, -0.2) is 25.8 Å². The van der Waals surface area contributed by atoms with Gasteiger partial charge < -0.3 is 10.3 Å². The Morgan fingerprint density at radius 2 is 1.78 bits per heavy atom. The Kier molecular flexibility index (Phi) is 4.88. The first-order valence-electron chi connectivity index (χ1n) is 9.31. The van der Waals surface area contributed by atoms with Crippen LogP contribution >= 0.6 is 0 Å². The molecular weight excluding hydrogens is 334 g/mol. The highest BCUT2D eigenvalue weighted by Crippen LogP contribution is 2.52. The standard InChI is InChI=1S/C22H23N5/c1-14(2)15-4-6-16(7-5-15)20-19-11-27(3)9-8-17(19)18(10-23)21(26)22(20,12-24)13-25/h4-8,14,18-20,26H,9,11H2,1-3H3/p+1/t18-,19-,20-/m0/s1. The maximum atomic E-state index is 10.0. The Labute approximate surface area is 160 Å². The normalized spacial score (nSPS) is 29.1. The van der Waals surface area contributed by atoms with E-state index in [0.717, 1.165) is 24.2 Å². The van der Waals surface area contributed by atoms with Crippen LogP contribution < -0.4 is 4.90 Å². The summed E-state index contributed by atoms with van der Waals surface area (Å²) in [5, 5.41) is 38.3. The van der Waals surface area contributed by atoms with Crippen LogP contribution in [0.4, 0.5) is 0 Å². The van der Waals surface area contributed by atoms with Crippen LogP contribution in [0.15, 0.2) is 35.9 Å². The van der Waals surface area contributed by atoms with E-state index in [4.69, 9.17) is 5.41 Å². The van der Waals surface area contributed by atoms with Gasteiger partial charge in [0, 0.05) is 11.8 Å². The molecule has 3 rings (SSSR count). The average molecular weight is 358 g/mol. The molecule has 0 spiro atoms. The molecule has 1 unspecified atom stereocenters. The number of hydrogen-bond acceptors (Lipinski definition) is 4. The second kappa shape index (κ2) is 6.99. The van der Waals surface area contributed by atoms with Crippen molar-refractivity contribution in [3.8, 4) is 18.2 Å². The molecule has 0 aromatic heterocycles. The number of nitriles is 3. The largest absolute Gasteiger partial charge is 0.334 e. The van der Waals surface area contributed by atoms with Crippen LogP contribution in [0.3, 0.4) is 0 Å². The SMILES string of the molecule is CC(C)c1ccc([C@H]2[C@H]3C[NH+](C)CC=C3[C@H](C#N)C(=N)C2(C#N)C#N)cc1. The van der Waals surface area contributed by atoms with Crippen molar-refractivity contribution in [3.05, 3.63) is 47.0 Å². The molecule has 0 amide bonds. The van der Waals surface area contributed by atoms with Crippen molar-refractivity contribution in [3.63, 3.8) is 0 Å². The summed E-state index contributed by atoms with van der Waals surface area (Å²) in [6, 6.07) is 14.5. The topological polar surface area (TPSA) is 99.7 Å². The summed E-state index contributed by atoms with van der Waals surface area (Å²) >= 11 is 0. The van der Waals surface area contributed by atoms with Crippen molar-refractivity contribution in [1.29, 1.82) is 21.2 Å². The summed E-state index contributed by atoms with van der Waals surface area (Å²) in [6.07, 6.45) is 2.04. The van der Waals surface area contributed by atoms with Gasteiger partial charge in [-0.05, 0) is 28.7 Å². The van der Waals surface area contributed by atoms with E-state index < -0.39 is 17.3 Å². The molecule has 2 aliphatic rings. The second-order valence-corrected chi connectivity index (χ2v) is 7.98. The molecule has 0 radical (unpaired) electrons. The molecule has 5 heteroatoms. The molecule has 4 atom stereocenters. The van der Waals surface area contributed by atoms with E-state index in [-0.39, 0.29) is 11.6 Å². The fraction of sp³-hybridized carbons (Fsp3) is 0.455. The Bertz CT molecular complexity index is 890. The van der Waals surface area contributed by atoms with E-state index in [9.17, 15) is 15.8 Å². The third-order valence-electron chi connectivity index (χ3n) is 6.04. The third-order valence-corrected chi connectivity index (χ3v) is 6.04. The first kappa shape index (κ1) is 18.8. The molecule has 1 aromatic carbocycles. The van der Waals surface area contributed by atoms with Crippen LogP contribution in [0.1, 0.15) is 36.8 Å². The lowest BCUT2D eigenvalue weighted by Crippen LogP contribution is -3.10. The van der Waals surface area contributed by atoms with Crippen molar-refractivity contribution in [2.45, 2.75) is 25.7 Å². The number of rotatable bonds is 2. The Hall–Kier alpha value is -2.94. The monoisotopic (exact) mass is 358 g/mol. The number of hydrogen-bond donors (Lipinski definition) is 2. The zero-order valence-corrected chi connectivity index (χ0v) is 16.0. The number of nitrogens with one attached hydrogen (secondary N) is 2. The molecule has 1 heterocycles. The van der Waals surface area contributed by atoms with Gasteiger partial charge in [0.25, 0.3) is 0 Å². The predicted octanol–water partition coefficient (Wildman–Crippen LogP) is 2.17. The van der Waals surface area contributed by atoms with Crippen molar-refractivity contribution in [1.82, 2.24) is 0 Å².